The molecule has 0 aliphatic carbocycles. The topological polar surface area (TPSA) is 89.0 Å². The van der Waals surface area contributed by atoms with E-state index in [0.29, 0.717) is 18.9 Å². The first-order chi connectivity index (χ1) is 9.63. The lowest BCUT2D eigenvalue weighted by atomic mass is 10.2. The molecule has 1 fully saturated rings. The average Bonchev–Trinajstić information content (AvgIpc) is 2.47. The minimum Gasteiger partial charge on any atom is -0.491 e. The quantitative estimate of drug-likeness (QED) is 0.859. The molecule has 7 nitrogen and oxygen atoms in total. The van der Waals surface area contributed by atoms with Crippen LogP contribution in [0.15, 0.2) is 18.3 Å². The van der Waals surface area contributed by atoms with Crippen molar-refractivity contribution in [1.82, 2.24) is 9.88 Å². The van der Waals surface area contributed by atoms with Crippen molar-refractivity contribution in [3.63, 3.8) is 0 Å². The van der Waals surface area contributed by atoms with Gasteiger partial charge in [-0.3, -0.25) is 4.79 Å². The normalized spacial score (nSPS) is 18.6. The molecule has 0 saturated carbocycles. The Bertz CT molecular complexity index is 505. The standard InChI is InChI=1S/C13H16N2O5/c1-2-19-9-4-3-5-14-11(9)12(16)15-6-7-20-10(8-15)13(17)18/h3-5,10H,2,6-8H2,1H3,(H,17,18). The highest BCUT2D eigenvalue weighted by atomic mass is 16.5. The highest BCUT2D eigenvalue weighted by molar-refractivity contribution is 5.95. The van der Waals surface area contributed by atoms with E-state index in [-0.39, 0.29) is 24.8 Å². The molecule has 1 aromatic heterocycles. The van der Waals surface area contributed by atoms with E-state index in [1.54, 1.807) is 12.1 Å². The molecule has 108 valence electrons. The molecule has 0 aromatic carbocycles. The zero-order valence-electron chi connectivity index (χ0n) is 11.1. The predicted molar refractivity (Wildman–Crippen MR) is 68.7 cm³/mol. The van der Waals surface area contributed by atoms with Crippen LogP contribution in [0.1, 0.15) is 17.4 Å². The Balaban J connectivity index is 2.16. The molecule has 1 amide bonds. The molecule has 0 spiro atoms. The minimum atomic E-state index is -1.08. The number of carboxylic acid groups (broad SMARTS) is 1. The van der Waals surface area contributed by atoms with Crippen LogP contribution in [-0.2, 0) is 9.53 Å². The Morgan fingerprint density at radius 1 is 1.60 bits per heavy atom. The molecule has 20 heavy (non-hydrogen) atoms. The van der Waals surface area contributed by atoms with E-state index in [2.05, 4.69) is 4.98 Å². The smallest absolute Gasteiger partial charge is 0.334 e. The summed E-state index contributed by atoms with van der Waals surface area (Å²) in [4.78, 5) is 28.8. The summed E-state index contributed by atoms with van der Waals surface area (Å²) in [6.45, 7) is 2.78. The number of ether oxygens (including phenoxy) is 2. The van der Waals surface area contributed by atoms with Gasteiger partial charge in [-0.1, -0.05) is 0 Å². The number of aromatic nitrogens is 1. The molecule has 1 atom stereocenters. The van der Waals surface area contributed by atoms with Gasteiger partial charge >= 0.3 is 5.97 Å². The van der Waals surface area contributed by atoms with Crippen molar-refractivity contribution in [3.05, 3.63) is 24.0 Å². The van der Waals surface area contributed by atoms with Gasteiger partial charge in [-0.25, -0.2) is 9.78 Å². The second-order valence-electron chi connectivity index (χ2n) is 4.23. The predicted octanol–water partition coefficient (Wildman–Crippen LogP) is 0.406. The molecule has 7 heteroatoms. The van der Waals surface area contributed by atoms with Crippen LogP contribution in [-0.4, -0.2) is 59.3 Å². The van der Waals surface area contributed by atoms with Gasteiger partial charge in [0.05, 0.1) is 19.8 Å². The Morgan fingerprint density at radius 3 is 3.10 bits per heavy atom. The number of aliphatic carboxylic acids is 1. The van der Waals surface area contributed by atoms with Crippen molar-refractivity contribution < 1.29 is 24.2 Å². The summed E-state index contributed by atoms with van der Waals surface area (Å²) in [5, 5.41) is 8.94. The fourth-order valence-corrected chi connectivity index (χ4v) is 1.96. The van der Waals surface area contributed by atoms with Crippen LogP contribution in [0.25, 0.3) is 0 Å². The molecule has 1 aromatic rings. The number of nitrogens with zero attached hydrogens (tertiary/aromatic N) is 2. The molecule has 1 N–H and O–H groups in total. The maximum atomic E-state index is 12.4. The fourth-order valence-electron chi connectivity index (χ4n) is 1.96. The number of amides is 1. The third-order valence-corrected chi connectivity index (χ3v) is 2.90. The molecular weight excluding hydrogens is 264 g/mol. The zero-order valence-corrected chi connectivity index (χ0v) is 11.1. The summed E-state index contributed by atoms with van der Waals surface area (Å²) >= 11 is 0. The van der Waals surface area contributed by atoms with Crippen LogP contribution in [0.5, 0.6) is 5.75 Å². The average molecular weight is 280 g/mol. The van der Waals surface area contributed by atoms with Gasteiger partial charge in [-0.05, 0) is 19.1 Å². The summed E-state index contributed by atoms with van der Waals surface area (Å²) in [5.74, 6) is -1.02. The van der Waals surface area contributed by atoms with Crippen LogP contribution < -0.4 is 4.74 Å². The molecular formula is C13H16N2O5. The number of morpholine rings is 1. The van der Waals surface area contributed by atoms with Gasteiger partial charge in [0.15, 0.2) is 17.5 Å². The number of hydrogen-bond donors (Lipinski definition) is 1. The van der Waals surface area contributed by atoms with E-state index >= 15 is 0 Å². The summed E-state index contributed by atoms with van der Waals surface area (Å²) in [5.41, 5.74) is 0.195. The highest BCUT2D eigenvalue weighted by Gasteiger charge is 2.31. The molecule has 0 bridgehead atoms. The van der Waals surface area contributed by atoms with Crippen molar-refractivity contribution in [2.75, 3.05) is 26.3 Å². The Morgan fingerprint density at radius 2 is 2.40 bits per heavy atom. The monoisotopic (exact) mass is 280 g/mol. The lowest BCUT2D eigenvalue weighted by Crippen LogP contribution is -2.48. The maximum absolute atomic E-state index is 12.4. The summed E-state index contributed by atoms with van der Waals surface area (Å²) in [6.07, 6.45) is 0.511. The van der Waals surface area contributed by atoms with Gasteiger partial charge in [0.25, 0.3) is 5.91 Å². The van der Waals surface area contributed by atoms with Crippen molar-refractivity contribution in [1.29, 1.82) is 0 Å². The van der Waals surface area contributed by atoms with Gasteiger partial charge < -0.3 is 19.5 Å². The number of carboxylic acids is 1. The van der Waals surface area contributed by atoms with E-state index in [0.717, 1.165) is 0 Å². The summed E-state index contributed by atoms with van der Waals surface area (Å²) in [6, 6.07) is 3.35. The number of carbonyl (C=O) groups is 2. The van der Waals surface area contributed by atoms with Crippen LogP contribution in [0.2, 0.25) is 0 Å². The van der Waals surface area contributed by atoms with Crippen molar-refractivity contribution in [2.24, 2.45) is 0 Å². The van der Waals surface area contributed by atoms with E-state index in [9.17, 15) is 9.59 Å². The van der Waals surface area contributed by atoms with Crippen molar-refractivity contribution >= 4 is 11.9 Å². The minimum absolute atomic E-state index is 0.0102. The van der Waals surface area contributed by atoms with Crippen molar-refractivity contribution in [3.8, 4) is 5.75 Å². The SMILES string of the molecule is CCOc1cccnc1C(=O)N1CCOC(C(=O)O)C1. The van der Waals surface area contributed by atoms with E-state index in [1.165, 1.54) is 11.1 Å². The second-order valence-corrected chi connectivity index (χ2v) is 4.23. The van der Waals surface area contributed by atoms with Gasteiger partial charge in [-0.2, -0.15) is 0 Å². The van der Waals surface area contributed by atoms with E-state index < -0.39 is 12.1 Å². The molecule has 1 unspecified atom stereocenters. The largest absolute Gasteiger partial charge is 0.491 e. The molecule has 2 rings (SSSR count). The molecule has 1 saturated heterocycles. The van der Waals surface area contributed by atoms with Gasteiger partial charge in [-0.15, -0.1) is 0 Å². The third-order valence-electron chi connectivity index (χ3n) is 2.90. The first-order valence-corrected chi connectivity index (χ1v) is 6.35. The molecule has 2 heterocycles. The molecule has 1 aliphatic rings. The van der Waals surface area contributed by atoms with Crippen LogP contribution in [0.4, 0.5) is 0 Å². The van der Waals surface area contributed by atoms with E-state index in [1.807, 2.05) is 6.92 Å². The third kappa shape index (κ3) is 3.05. The van der Waals surface area contributed by atoms with Crippen LogP contribution in [0.3, 0.4) is 0 Å². The lowest BCUT2D eigenvalue weighted by molar-refractivity contribution is -0.154. The Hall–Kier alpha value is -2.15. The van der Waals surface area contributed by atoms with E-state index in [4.69, 9.17) is 14.6 Å². The maximum Gasteiger partial charge on any atom is 0.334 e. The first kappa shape index (κ1) is 14.3. The lowest BCUT2D eigenvalue weighted by Gasteiger charge is -2.30. The molecule has 0 radical (unpaired) electrons. The van der Waals surface area contributed by atoms with Gasteiger partial charge in [0, 0.05) is 12.7 Å². The number of pyridine rings is 1. The fraction of sp³-hybridized carbons (Fsp3) is 0.462. The second kappa shape index (κ2) is 6.33. The Kier molecular flexibility index (Phi) is 4.52. The van der Waals surface area contributed by atoms with Crippen molar-refractivity contribution in [2.45, 2.75) is 13.0 Å². The van der Waals surface area contributed by atoms with Crippen LogP contribution >= 0.6 is 0 Å². The van der Waals surface area contributed by atoms with Gasteiger partial charge in [0.2, 0.25) is 0 Å². The number of rotatable bonds is 4. The summed E-state index contributed by atoms with van der Waals surface area (Å²) in [7, 11) is 0. The Labute approximate surface area is 116 Å². The highest BCUT2D eigenvalue weighted by Crippen LogP contribution is 2.19. The zero-order chi connectivity index (χ0) is 14.5. The van der Waals surface area contributed by atoms with Gasteiger partial charge in [0.1, 0.15) is 0 Å². The number of hydrogen-bond acceptors (Lipinski definition) is 5. The van der Waals surface area contributed by atoms with Crippen LogP contribution in [0, 0.1) is 0 Å². The summed E-state index contributed by atoms with van der Waals surface area (Å²) < 4.78 is 10.5. The first-order valence-electron chi connectivity index (χ1n) is 6.35. The number of carbonyl (C=O) groups excluding carboxylic acids is 1. The molecule has 1 aliphatic heterocycles.